The Morgan fingerprint density at radius 1 is 1.31 bits per heavy atom. The Kier molecular flexibility index (Phi) is 7.59. The summed E-state index contributed by atoms with van der Waals surface area (Å²) in [7, 11) is 0. The van der Waals surface area contributed by atoms with Crippen molar-refractivity contribution in [1.29, 1.82) is 0 Å². The van der Waals surface area contributed by atoms with Crippen molar-refractivity contribution in [1.82, 2.24) is 0 Å². The lowest BCUT2D eigenvalue weighted by Gasteiger charge is -2.44. The van der Waals surface area contributed by atoms with Gasteiger partial charge in [0.25, 0.3) is 0 Å². The standard InChI is InChI=1S/C26H38ClNO/c1-18(17-27)7-8-20(3)24-13-14-25-21(6-5-15-26(24,25)4)10-11-22-16-23(28-29)12-9-19(22)2/h10-11,20,23-25H,1-2,5-9,12-17H2,3-4H3/b21-10+,22-11-/t20-,23+,24-,25+,26?/m1/s1. The average Bonchev–Trinajstić information content (AvgIpc) is 3.08. The van der Waals surface area contributed by atoms with Crippen LogP contribution in [0.5, 0.6) is 0 Å². The van der Waals surface area contributed by atoms with Gasteiger partial charge in [0.15, 0.2) is 0 Å². The Morgan fingerprint density at radius 2 is 2.10 bits per heavy atom. The van der Waals surface area contributed by atoms with Crippen LogP contribution in [-0.2, 0) is 0 Å². The number of rotatable bonds is 7. The summed E-state index contributed by atoms with van der Waals surface area (Å²) in [6, 6.07) is -0.0683. The molecule has 0 aliphatic heterocycles. The topological polar surface area (TPSA) is 29.4 Å². The van der Waals surface area contributed by atoms with Gasteiger partial charge >= 0.3 is 0 Å². The minimum absolute atomic E-state index is 0.0683. The second-order valence-electron chi connectivity index (χ2n) is 10.0. The molecule has 0 aromatic rings. The summed E-state index contributed by atoms with van der Waals surface area (Å²) in [5, 5.41) is 3.29. The first-order chi connectivity index (χ1) is 13.9. The molecule has 0 spiro atoms. The van der Waals surface area contributed by atoms with E-state index in [0.29, 0.717) is 17.2 Å². The third-order valence-electron chi connectivity index (χ3n) is 8.20. The van der Waals surface area contributed by atoms with E-state index in [1.807, 2.05) is 0 Å². The highest BCUT2D eigenvalue weighted by molar-refractivity contribution is 6.19. The summed E-state index contributed by atoms with van der Waals surface area (Å²) in [6.45, 7) is 13.3. The summed E-state index contributed by atoms with van der Waals surface area (Å²) in [5.41, 5.74) is 5.65. The number of fused-ring (bicyclic) bond motifs is 1. The highest BCUT2D eigenvalue weighted by Gasteiger charge is 2.50. The molecule has 29 heavy (non-hydrogen) atoms. The minimum atomic E-state index is -0.0683. The molecule has 0 aromatic carbocycles. The molecule has 0 heterocycles. The predicted octanol–water partition coefficient (Wildman–Crippen LogP) is 8.14. The smallest absolute Gasteiger partial charge is 0.0963 e. The van der Waals surface area contributed by atoms with Crippen LogP contribution in [-0.4, -0.2) is 11.9 Å². The Morgan fingerprint density at radius 3 is 2.83 bits per heavy atom. The van der Waals surface area contributed by atoms with E-state index in [2.05, 4.69) is 44.3 Å². The molecule has 0 amide bonds. The van der Waals surface area contributed by atoms with Crippen molar-refractivity contribution in [2.45, 2.75) is 84.1 Å². The first kappa shape index (κ1) is 22.5. The zero-order chi connectivity index (χ0) is 21.0. The Bertz CT molecular complexity index is 705. The number of hydrogen-bond donors (Lipinski definition) is 0. The normalized spacial score (nSPS) is 36.2. The van der Waals surface area contributed by atoms with Crippen molar-refractivity contribution in [2.24, 2.45) is 28.3 Å². The number of halogens is 1. The first-order valence-electron chi connectivity index (χ1n) is 11.5. The van der Waals surface area contributed by atoms with Crippen LogP contribution in [0.1, 0.15) is 78.1 Å². The van der Waals surface area contributed by atoms with Crippen LogP contribution in [0.2, 0.25) is 0 Å². The molecular weight excluding hydrogens is 378 g/mol. The van der Waals surface area contributed by atoms with Crippen LogP contribution in [0.3, 0.4) is 0 Å². The van der Waals surface area contributed by atoms with E-state index in [1.165, 1.54) is 55.2 Å². The molecular formula is C26H38ClNO. The molecule has 0 N–H and O–H groups in total. The number of nitrogens with zero attached hydrogens (tertiary/aromatic N) is 1. The molecule has 5 atom stereocenters. The highest BCUT2D eigenvalue weighted by Crippen LogP contribution is 2.60. The van der Waals surface area contributed by atoms with E-state index in [-0.39, 0.29) is 6.04 Å². The molecule has 3 saturated carbocycles. The number of alkyl halides is 1. The fraction of sp³-hybridized carbons (Fsp3) is 0.692. The van der Waals surface area contributed by atoms with Gasteiger partial charge in [-0.2, -0.15) is 4.91 Å². The largest absolute Gasteiger partial charge is 0.151 e. The zero-order valence-corrected chi connectivity index (χ0v) is 19.1. The maximum Gasteiger partial charge on any atom is 0.0963 e. The van der Waals surface area contributed by atoms with Crippen molar-refractivity contribution in [3.8, 4) is 0 Å². The van der Waals surface area contributed by atoms with Crippen LogP contribution in [0.25, 0.3) is 0 Å². The first-order valence-corrected chi connectivity index (χ1v) is 12.0. The SMILES string of the molecule is C=C(CCl)CC[C@@H](C)[C@H]1CC[C@H]2/C(=C/C=C3/C[C@@H](N=O)CCC3=C)CCCC12C. The third kappa shape index (κ3) is 4.95. The molecule has 3 rings (SSSR count). The van der Waals surface area contributed by atoms with Crippen LogP contribution in [0.4, 0.5) is 0 Å². The lowest BCUT2D eigenvalue weighted by Crippen LogP contribution is -2.36. The van der Waals surface area contributed by atoms with Crippen molar-refractivity contribution >= 4 is 11.6 Å². The van der Waals surface area contributed by atoms with Crippen LogP contribution in [0.15, 0.2) is 52.8 Å². The Hall–Kier alpha value is -1.15. The maximum absolute atomic E-state index is 11.0. The van der Waals surface area contributed by atoms with Gasteiger partial charge in [-0.25, -0.2) is 0 Å². The van der Waals surface area contributed by atoms with Gasteiger partial charge in [-0.05, 0) is 93.0 Å². The van der Waals surface area contributed by atoms with Gasteiger partial charge < -0.3 is 0 Å². The molecule has 0 radical (unpaired) electrons. The second kappa shape index (κ2) is 9.77. The molecule has 0 saturated heterocycles. The molecule has 2 nitrogen and oxygen atoms in total. The van der Waals surface area contributed by atoms with Crippen LogP contribution in [0, 0.1) is 28.1 Å². The zero-order valence-electron chi connectivity index (χ0n) is 18.4. The van der Waals surface area contributed by atoms with Crippen LogP contribution >= 0.6 is 11.6 Å². The van der Waals surface area contributed by atoms with E-state index in [0.717, 1.165) is 37.5 Å². The van der Waals surface area contributed by atoms with Gasteiger partial charge in [-0.3, -0.25) is 0 Å². The summed E-state index contributed by atoms with van der Waals surface area (Å²) >= 11 is 5.94. The maximum atomic E-state index is 11.0. The van der Waals surface area contributed by atoms with E-state index in [1.54, 1.807) is 5.57 Å². The highest BCUT2D eigenvalue weighted by atomic mass is 35.5. The summed E-state index contributed by atoms with van der Waals surface area (Å²) in [6.07, 6.45) is 16.0. The van der Waals surface area contributed by atoms with Gasteiger partial charge in [0.1, 0.15) is 0 Å². The molecule has 3 aliphatic rings. The monoisotopic (exact) mass is 415 g/mol. The minimum Gasteiger partial charge on any atom is -0.151 e. The van der Waals surface area contributed by atoms with E-state index < -0.39 is 0 Å². The Balaban J connectivity index is 1.73. The molecule has 3 fully saturated rings. The molecule has 3 aliphatic carbocycles. The Labute approximate surface area is 182 Å². The molecule has 0 aromatic heterocycles. The van der Waals surface area contributed by atoms with Gasteiger partial charge in [-0.15, -0.1) is 11.6 Å². The van der Waals surface area contributed by atoms with Crippen molar-refractivity contribution < 1.29 is 0 Å². The third-order valence-corrected chi connectivity index (χ3v) is 8.58. The van der Waals surface area contributed by atoms with Crippen LogP contribution < -0.4 is 0 Å². The van der Waals surface area contributed by atoms with Crippen molar-refractivity contribution in [3.05, 3.63) is 52.5 Å². The van der Waals surface area contributed by atoms with E-state index in [4.69, 9.17) is 11.6 Å². The van der Waals surface area contributed by atoms with Gasteiger partial charge in [0.05, 0.1) is 6.04 Å². The molecule has 160 valence electrons. The molecule has 1 unspecified atom stereocenters. The van der Waals surface area contributed by atoms with E-state index >= 15 is 0 Å². The molecule has 3 heteroatoms. The number of hydrogen-bond acceptors (Lipinski definition) is 2. The van der Waals surface area contributed by atoms with Crippen molar-refractivity contribution in [2.75, 3.05) is 5.88 Å². The van der Waals surface area contributed by atoms with Crippen molar-refractivity contribution in [3.63, 3.8) is 0 Å². The number of nitroso groups, excluding NO2 is 1. The fourth-order valence-electron chi connectivity index (χ4n) is 6.40. The van der Waals surface area contributed by atoms with Gasteiger partial charge in [0.2, 0.25) is 0 Å². The number of allylic oxidation sites excluding steroid dienone is 5. The van der Waals surface area contributed by atoms with E-state index in [9.17, 15) is 4.91 Å². The lowest BCUT2D eigenvalue weighted by atomic mass is 9.60. The van der Waals surface area contributed by atoms with Gasteiger partial charge in [-0.1, -0.05) is 61.1 Å². The molecule has 0 bridgehead atoms. The summed E-state index contributed by atoms with van der Waals surface area (Å²) < 4.78 is 0. The quantitative estimate of drug-likeness (QED) is 0.234. The summed E-state index contributed by atoms with van der Waals surface area (Å²) in [4.78, 5) is 11.0. The summed E-state index contributed by atoms with van der Waals surface area (Å²) in [5.74, 6) is 2.80. The average molecular weight is 416 g/mol. The van der Waals surface area contributed by atoms with Gasteiger partial charge in [0, 0.05) is 5.88 Å². The lowest BCUT2D eigenvalue weighted by molar-refractivity contribution is 0.0944. The predicted molar refractivity (Wildman–Crippen MR) is 125 cm³/mol. The fourth-order valence-corrected chi connectivity index (χ4v) is 6.53. The second-order valence-corrected chi connectivity index (χ2v) is 10.3.